The molecule has 1 aliphatic rings. The molecule has 0 radical (unpaired) electrons. The maximum atomic E-state index is 10.8. The maximum absolute atomic E-state index is 10.8. The maximum Gasteiger partial charge on any atom is 0.320 e. The summed E-state index contributed by atoms with van der Waals surface area (Å²) in [6.07, 6.45) is 3.40. The number of carbonyl (C=O) groups is 1. The number of aliphatic carboxylic acids is 1. The Morgan fingerprint density at radius 1 is 1.54 bits per heavy atom. The first kappa shape index (κ1) is 17.9. The number of hydrogen-bond acceptors (Lipinski definition) is 6. The SMILES string of the molecule is C=CN=C1NN=C/C1=C(/C)SCc1cccc(CC(N)C(=O)O)n1. The molecule has 126 valence electrons. The van der Waals surface area contributed by atoms with Crippen molar-refractivity contribution in [3.05, 3.63) is 52.8 Å². The fourth-order valence-electron chi connectivity index (χ4n) is 2.02. The van der Waals surface area contributed by atoms with E-state index in [0.29, 0.717) is 17.3 Å². The zero-order chi connectivity index (χ0) is 17.5. The summed E-state index contributed by atoms with van der Waals surface area (Å²) < 4.78 is 0. The molecule has 0 aromatic carbocycles. The molecule has 1 aliphatic heterocycles. The third kappa shape index (κ3) is 4.77. The zero-order valence-electron chi connectivity index (χ0n) is 13.3. The van der Waals surface area contributed by atoms with Gasteiger partial charge in [-0.1, -0.05) is 12.6 Å². The number of carboxylic acids is 1. The van der Waals surface area contributed by atoms with E-state index in [1.54, 1.807) is 24.0 Å². The average molecular weight is 345 g/mol. The fraction of sp³-hybridized carbons (Fsp3) is 0.250. The number of nitrogens with zero attached hydrogens (tertiary/aromatic N) is 3. The lowest BCUT2D eigenvalue weighted by molar-refractivity contribution is -0.138. The lowest BCUT2D eigenvalue weighted by Gasteiger charge is -2.08. The van der Waals surface area contributed by atoms with E-state index in [4.69, 9.17) is 10.8 Å². The predicted octanol–water partition coefficient (Wildman–Crippen LogP) is 1.67. The van der Waals surface area contributed by atoms with Crippen LogP contribution in [0.15, 0.2) is 51.6 Å². The molecule has 8 heteroatoms. The number of rotatable bonds is 7. The van der Waals surface area contributed by atoms with Crippen LogP contribution in [0.5, 0.6) is 0 Å². The molecular formula is C16H19N5O2S. The van der Waals surface area contributed by atoms with Crippen LogP contribution in [0.3, 0.4) is 0 Å². The number of carboxylic acid groups (broad SMARTS) is 1. The quantitative estimate of drug-likeness (QED) is 0.693. The van der Waals surface area contributed by atoms with E-state index in [1.165, 1.54) is 6.20 Å². The lowest BCUT2D eigenvalue weighted by Crippen LogP contribution is -2.32. The summed E-state index contributed by atoms with van der Waals surface area (Å²) in [5.74, 6) is 0.295. The normalized spacial score (nSPS) is 18.3. The number of aromatic nitrogens is 1. The monoisotopic (exact) mass is 345 g/mol. The zero-order valence-corrected chi connectivity index (χ0v) is 14.1. The highest BCUT2D eigenvalue weighted by atomic mass is 32.2. The van der Waals surface area contributed by atoms with Gasteiger partial charge in [-0.15, -0.1) is 11.8 Å². The number of allylic oxidation sites excluding steroid dienone is 1. The van der Waals surface area contributed by atoms with Crippen molar-refractivity contribution < 1.29 is 9.90 Å². The average Bonchev–Trinajstić information content (AvgIpc) is 3.01. The Kier molecular flexibility index (Phi) is 6.28. The summed E-state index contributed by atoms with van der Waals surface area (Å²) in [5, 5.41) is 12.9. The lowest BCUT2D eigenvalue weighted by atomic mass is 10.1. The topological polar surface area (TPSA) is 113 Å². The molecular weight excluding hydrogens is 326 g/mol. The van der Waals surface area contributed by atoms with Crippen molar-refractivity contribution >= 4 is 29.8 Å². The van der Waals surface area contributed by atoms with Crippen molar-refractivity contribution in [1.29, 1.82) is 0 Å². The first-order valence-electron chi connectivity index (χ1n) is 7.26. The number of hydrogen-bond donors (Lipinski definition) is 3. The molecule has 0 saturated carbocycles. The molecule has 7 nitrogen and oxygen atoms in total. The van der Waals surface area contributed by atoms with Crippen LogP contribution in [0, 0.1) is 0 Å². The second-order valence-electron chi connectivity index (χ2n) is 5.06. The van der Waals surface area contributed by atoms with Crippen LogP contribution >= 0.6 is 11.8 Å². The Balaban J connectivity index is 2.04. The van der Waals surface area contributed by atoms with E-state index in [2.05, 4.69) is 27.1 Å². The Hall–Kier alpha value is -2.45. The molecule has 0 bridgehead atoms. The van der Waals surface area contributed by atoms with Gasteiger partial charge < -0.3 is 10.8 Å². The predicted molar refractivity (Wildman–Crippen MR) is 96.8 cm³/mol. The summed E-state index contributed by atoms with van der Waals surface area (Å²) in [6, 6.07) is 4.60. The number of thioether (sulfide) groups is 1. The van der Waals surface area contributed by atoms with E-state index < -0.39 is 12.0 Å². The third-order valence-electron chi connectivity index (χ3n) is 3.27. The van der Waals surface area contributed by atoms with Crippen LogP contribution in [0.4, 0.5) is 0 Å². The van der Waals surface area contributed by atoms with Crippen molar-refractivity contribution in [2.75, 3.05) is 0 Å². The van der Waals surface area contributed by atoms with Crippen molar-refractivity contribution in [2.45, 2.75) is 25.1 Å². The van der Waals surface area contributed by atoms with Crippen LogP contribution in [0.25, 0.3) is 0 Å². The first-order valence-corrected chi connectivity index (χ1v) is 8.25. The van der Waals surface area contributed by atoms with E-state index in [0.717, 1.165) is 16.2 Å². The van der Waals surface area contributed by atoms with Gasteiger partial charge in [-0.25, -0.2) is 4.99 Å². The minimum absolute atomic E-state index is 0.209. The van der Waals surface area contributed by atoms with Gasteiger partial charge in [0.2, 0.25) is 0 Å². The van der Waals surface area contributed by atoms with Gasteiger partial charge in [0.15, 0.2) is 5.84 Å². The number of hydrazone groups is 1. The van der Waals surface area contributed by atoms with Crippen LogP contribution < -0.4 is 11.2 Å². The van der Waals surface area contributed by atoms with Gasteiger partial charge >= 0.3 is 5.97 Å². The molecule has 0 saturated heterocycles. The van der Waals surface area contributed by atoms with E-state index in [1.807, 2.05) is 19.1 Å². The van der Waals surface area contributed by atoms with Gasteiger partial charge in [0.25, 0.3) is 0 Å². The molecule has 1 aromatic rings. The van der Waals surface area contributed by atoms with Gasteiger partial charge in [-0.2, -0.15) is 5.10 Å². The number of aliphatic imine (C=N–C) groups is 1. The van der Waals surface area contributed by atoms with Crippen LogP contribution in [0.2, 0.25) is 0 Å². The molecule has 0 aliphatic carbocycles. The van der Waals surface area contributed by atoms with Crippen LogP contribution in [-0.2, 0) is 17.0 Å². The molecule has 0 amide bonds. The number of nitrogens with one attached hydrogen (secondary N) is 1. The van der Waals surface area contributed by atoms with Gasteiger partial charge in [0, 0.05) is 29.6 Å². The highest BCUT2D eigenvalue weighted by Gasteiger charge is 2.15. The van der Waals surface area contributed by atoms with E-state index >= 15 is 0 Å². The summed E-state index contributed by atoms with van der Waals surface area (Å²) in [4.78, 5) is 20.5. The summed E-state index contributed by atoms with van der Waals surface area (Å²) in [6.45, 7) is 5.57. The van der Waals surface area contributed by atoms with Gasteiger partial charge in [0.05, 0.1) is 11.9 Å². The third-order valence-corrected chi connectivity index (χ3v) is 4.36. The Labute approximate surface area is 144 Å². The molecule has 2 rings (SSSR count). The summed E-state index contributed by atoms with van der Waals surface area (Å²) >= 11 is 1.61. The van der Waals surface area contributed by atoms with Crippen LogP contribution in [0.1, 0.15) is 18.3 Å². The number of amidine groups is 1. The van der Waals surface area contributed by atoms with Crippen molar-refractivity contribution in [2.24, 2.45) is 15.8 Å². The molecule has 1 aromatic heterocycles. The number of pyridine rings is 1. The van der Waals surface area contributed by atoms with Crippen molar-refractivity contribution in [1.82, 2.24) is 10.4 Å². The molecule has 4 N–H and O–H groups in total. The Bertz CT molecular complexity index is 727. The van der Waals surface area contributed by atoms with Crippen LogP contribution in [-0.4, -0.2) is 34.2 Å². The van der Waals surface area contributed by atoms with Crippen molar-refractivity contribution in [3.8, 4) is 0 Å². The fourth-order valence-corrected chi connectivity index (χ4v) is 2.85. The largest absolute Gasteiger partial charge is 0.480 e. The summed E-state index contributed by atoms with van der Waals surface area (Å²) in [7, 11) is 0. The number of nitrogens with two attached hydrogens (primary N) is 1. The molecule has 0 spiro atoms. The summed E-state index contributed by atoms with van der Waals surface area (Å²) in [5.41, 5.74) is 10.8. The minimum atomic E-state index is -1.03. The Morgan fingerprint density at radius 2 is 2.29 bits per heavy atom. The standard InChI is InChI=1S/C16H19N5O2S/c1-3-18-15-13(8-19-21-15)10(2)24-9-12-6-4-5-11(20-12)7-14(17)16(22)23/h3-6,8,14H,1,7,9,17H2,2H3,(H,18,21)(H,22,23)/b13-10+. The van der Waals surface area contributed by atoms with E-state index in [-0.39, 0.29) is 6.42 Å². The van der Waals surface area contributed by atoms with Gasteiger partial charge in [-0.3, -0.25) is 15.2 Å². The van der Waals surface area contributed by atoms with Gasteiger partial charge in [-0.05, 0) is 24.0 Å². The molecule has 1 unspecified atom stereocenters. The smallest absolute Gasteiger partial charge is 0.320 e. The second-order valence-corrected chi connectivity index (χ2v) is 6.25. The molecule has 24 heavy (non-hydrogen) atoms. The minimum Gasteiger partial charge on any atom is -0.480 e. The van der Waals surface area contributed by atoms with Gasteiger partial charge in [0.1, 0.15) is 6.04 Å². The molecule has 2 heterocycles. The second kappa shape index (κ2) is 8.42. The Morgan fingerprint density at radius 3 is 3.00 bits per heavy atom. The molecule has 0 fully saturated rings. The molecule has 1 atom stereocenters. The first-order chi connectivity index (χ1) is 11.5. The van der Waals surface area contributed by atoms with Crippen molar-refractivity contribution in [3.63, 3.8) is 0 Å². The van der Waals surface area contributed by atoms with E-state index in [9.17, 15) is 4.79 Å². The highest BCUT2D eigenvalue weighted by molar-refractivity contribution is 8.02. The highest BCUT2D eigenvalue weighted by Crippen LogP contribution is 2.24.